The second-order valence-corrected chi connectivity index (χ2v) is 8.95. The minimum atomic E-state index is -1.05. The van der Waals surface area contributed by atoms with Gasteiger partial charge in [0.25, 0.3) is 0 Å². The molecule has 10 nitrogen and oxygen atoms in total. The molecule has 4 aromatic rings. The number of nitrogens with zero attached hydrogens (tertiary/aromatic N) is 6. The summed E-state index contributed by atoms with van der Waals surface area (Å²) in [6, 6.07) is 5.15. The first-order chi connectivity index (χ1) is 16.1. The largest absolute Gasteiger partial charge is 0.448 e. The van der Waals surface area contributed by atoms with Gasteiger partial charge in [0.15, 0.2) is 23.8 Å². The van der Waals surface area contributed by atoms with Crippen molar-refractivity contribution in [1.29, 1.82) is 0 Å². The van der Waals surface area contributed by atoms with Gasteiger partial charge < -0.3 is 14.8 Å². The van der Waals surface area contributed by atoms with Gasteiger partial charge in [-0.3, -0.25) is 10.00 Å². The van der Waals surface area contributed by atoms with Gasteiger partial charge >= 0.3 is 0 Å². The highest BCUT2D eigenvalue weighted by Crippen LogP contribution is 2.26. The highest BCUT2D eigenvalue weighted by atomic mass is 19.1. The second-order valence-electron chi connectivity index (χ2n) is 8.95. The quantitative estimate of drug-likeness (QED) is 0.351. The van der Waals surface area contributed by atoms with E-state index < -0.39 is 12.0 Å². The highest BCUT2D eigenvalue weighted by molar-refractivity contribution is 5.60. The molecule has 3 N–H and O–H groups in total. The first-order valence-corrected chi connectivity index (χ1v) is 10.7. The zero-order valence-electron chi connectivity index (χ0n) is 19.7. The minimum Gasteiger partial charge on any atom is -0.448 e. The number of aliphatic hydroxyl groups excluding tert-OH is 1. The molecule has 1 atom stereocenters. The van der Waals surface area contributed by atoms with Crippen molar-refractivity contribution < 1.29 is 13.9 Å². The van der Waals surface area contributed by atoms with E-state index in [-0.39, 0.29) is 29.3 Å². The van der Waals surface area contributed by atoms with Crippen LogP contribution >= 0.6 is 0 Å². The third-order valence-electron chi connectivity index (χ3n) is 5.19. The van der Waals surface area contributed by atoms with Gasteiger partial charge in [-0.2, -0.15) is 10.1 Å². The summed E-state index contributed by atoms with van der Waals surface area (Å²) < 4.78 is 22.3. The van der Waals surface area contributed by atoms with Crippen LogP contribution in [-0.2, 0) is 19.0 Å². The van der Waals surface area contributed by atoms with Crippen molar-refractivity contribution in [2.45, 2.75) is 45.9 Å². The molecule has 0 aliphatic carbocycles. The maximum Gasteiger partial charge on any atom is 0.231 e. The van der Waals surface area contributed by atoms with Gasteiger partial charge in [-0.05, 0) is 24.1 Å². The number of rotatable bonds is 7. The standard InChI is InChI=1S/C23H27FN8O2/c1-13-14(10-25-20(33)16-11-34-21(28-16)23(2,3)4)6-7-15(18(13)24)19-26-12-27-22(30-19)29-17-8-9-32(5)31-17/h6-9,11-12,20,25,33H,10H2,1-5H3,(H,26,27,29,30,31). The molecular formula is C23H27FN8O2. The second kappa shape index (κ2) is 9.27. The molecule has 0 aliphatic rings. The molecule has 0 aliphatic heterocycles. The molecule has 0 amide bonds. The highest BCUT2D eigenvalue weighted by Gasteiger charge is 2.23. The molecule has 4 rings (SSSR count). The van der Waals surface area contributed by atoms with Gasteiger partial charge in [-0.25, -0.2) is 19.3 Å². The average molecular weight is 467 g/mol. The van der Waals surface area contributed by atoms with E-state index >= 15 is 4.39 Å². The SMILES string of the molecule is Cc1c(CNC(O)c2coc(C(C)(C)C)n2)ccc(-c2ncnc(Nc3ccn(C)n3)n2)c1F. The zero-order chi connectivity index (χ0) is 24.5. The molecule has 0 bridgehead atoms. The fourth-order valence-electron chi connectivity index (χ4n) is 3.24. The summed E-state index contributed by atoms with van der Waals surface area (Å²) in [4.78, 5) is 16.9. The van der Waals surface area contributed by atoms with Crippen molar-refractivity contribution in [2.75, 3.05) is 5.32 Å². The maximum absolute atomic E-state index is 15.2. The van der Waals surface area contributed by atoms with Crippen molar-refractivity contribution in [3.8, 4) is 11.4 Å². The first kappa shape index (κ1) is 23.5. The molecular weight excluding hydrogens is 439 g/mol. The van der Waals surface area contributed by atoms with Crippen molar-refractivity contribution >= 4 is 11.8 Å². The van der Waals surface area contributed by atoms with E-state index in [4.69, 9.17) is 4.42 Å². The molecule has 1 aromatic carbocycles. The molecule has 0 saturated heterocycles. The fraction of sp³-hybridized carbons (Fsp3) is 0.348. The van der Waals surface area contributed by atoms with Crippen molar-refractivity contribution in [3.05, 3.63) is 65.5 Å². The van der Waals surface area contributed by atoms with Crippen LogP contribution in [0.4, 0.5) is 16.2 Å². The monoisotopic (exact) mass is 466 g/mol. The molecule has 0 saturated carbocycles. The van der Waals surface area contributed by atoms with Crippen LogP contribution in [0.2, 0.25) is 0 Å². The number of benzene rings is 1. The predicted molar refractivity (Wildman–Crippen MR) is 123 cm³/mol. The number of nitrogens with one attached hydrogen (secondary N) is 2. The van der Waals surface area contributed by atoms with Gasteiger partial charge in [0, 0.05) is 31.3 Å². The van der Waals surface area contributed by atoms with Gasteiger partial charge in [0.1, 0.15) is 24.1 Å². The number of halogens is 1. The lowest BCUT2D eigenvalue weighted by Crippen LogP contribution is -2.22. The predicted octanol–water partition coefficient (Wildman–Crippen LogP) is 3.53. The van der Waals surface area contributed by atoms with E-state index in [2.05, 4.69) is 35.7 Å². The Bertz CT molecular complexity index is 1290. The number of anilines is 2. The van der Waals surface area contributed by atoms with E-state index in [0.717, 1.165) is 0 Å². The summed E-state index contributed by atoms with van der Waals surface area (Å²) in [5, 5.41) is 20.6. The molecule has 0 fully saturated rings. The summed E-state index contributed by atoms with van der Waals surface area (Å²) in [6.45, 7) is 7.82. The number of aliphatic hydroxyl groups is 1. The number of oxazole rings is 1. The lowest BCUT2D eigenvalue weighted by Gasteiger charge is -2.14. The van der Waals surface area contributed by atoms with Crippen LogP contribution in [0.1, 0.15) is 49.7 Å². The molecule has 178 valence electrons. The Morgan fingerprint density at radius 2 is 1.97 bits per heavy atom. The number of aromatic nitrogens is 6. The molecule has 3 heterocycles. The maximum atomic E-state index is 15.2. The third kappa shape index (κ3) is 5.10. The summed E-state index contributed by atoms with van der Waals surface area (Å²) in [6.07, 6.45) is 3.47. The van der Waals surface area contributed by atoms with Gasteiger partial charge in [-0.1, -0.05) is 26.8 Å². The smallest absolute Gasteiger partial charge is 0.231 e. The van der Waals surface area contributed by atoms with Crippen LogP contribution in [0, 0.1) is 12.7 Å². The first-order valence-electron chi connectivity index (χ1n) is 10.7. The molecule has 11 heteroatoms. The van der Waals surface area contributed by atoms with Crippen molar-refractivity contribution in [3.63, 3.8) is 0 Å². The van der Waals surface area contributed by atoms with Crippen LogP contribution in [0.25, 0.3) is 11.4 Å². The van der Waals surface area contributed by atoms with Crippen molar-refractivity contribution in [2.24, 2.45) is 7.05 Å². The van der Waals surface area contributed by atoms with Crippen LogP contribution in [0.3, 0.4) is 0 Å². The Balaban J connectivity index is 1.48. The lowest BCUT2D eigenvalue weighted by molar-refractivity contribution is 0.132. The number of hydrogen-bond acceptors (Lipinski definition) is 9. The Hall–Kier alpha value is -3.70. The normalized spacial score (nSPS) is 12.7. The van der Waals surface area contributed by atoms with E-state index in [1.807, 2.05) is 20.8 Å². The number of hydrogen-bond donors (Lipinski definition) is 3. The van der Waals surface area contributed by atoms with Crippen LogP contribution in [0.15, 0.2) is 41.4 Å². The topological polar surface area (TPSA) is 127 Å². The summed E-state index contributed by atoms with van der Waals surface area (Å²) >= 11 is 0. The van der Waals surface area contributed by atoms with Crippen LogP contribution < -0.4 is 10.6 Å². The van der Waals surface area contributed by atoms with Crippen LogP contribution in [0.5, 0.6) is 0 Å². The Morgan fingerprint density at radius 3 is 2.65 bits per heavy atom. The molecule has 0 spiro atoms. The van der Waals surface area contributed by atoms with Crippen LogP contribution in [-0.4, -0.2) is 34.8 Å². The fourth-order valence-corrected chi connectivity index (χ4v) is 3.24. The molecule has 3 aromatic heterocycles. The van der Waals surface area contributed by atoms with Gasteiger partial charge in [0.2, 0.25) is 5.95 Å². The number of aryl methyl sites for hydroxylation is 1. The van der Waals surface area contributed by atoms with E-state index in [1.54, 1.807) is 43.0 Å². The Labute approximate surface area is 196 Å². The van der Waals surface area contributed by atoms with Gasteiger partial charge in [0.05, 0.1) is 5.56 Å². The average Bonchev–Trinajstić information content (AvgIpc) is 3.44. The molecule has 34 heavy (non-hydrogen) atoms. The Morgan fingerprint density at radius 1 is 1.18 bits per heavy atom. The zero-order valence-corrected chi connectivity index (χ0v) is 19.7. The van der Waals surface area contributed by atoms with E-state index in [0.29, 0.717) is 28.5 Å². The summed E-state index contributed by atoms with van der Waals surface area (Å²) in [5.74, 6) is 1.12. The summed E-state index contributed by atoms with van der Waals surface area (Å²) in [5.41, 5.74) is 1.46. The molecule has 0 radical (unpaired) electrons. The lowest BCUT2D eigenvalue weighted by atomic mass is 9.97. The third-order valence-corrected chi connectivity index (χ3v) is 5.19. The van der Waals surface area contributed by atoms with E-state index in [1.165, 1.54) is 12.6 Å². The van der Waals surface area contributed by atoms with E-state index in [9.17, 15) is 5.11 Å². The van der Waals surface area contributed by atoms with Gasteiger partial charge in [-0.15, -0.1) is 0 Å². The summed E-state index contributed by atoms with van der Waals surface area (Å²) in [7, 11) is 1.80. The molecule has 1 unspecified atom stereocenters. The van der Waals surface area contributed by atoms with Crippen molar-refractivity contribution in [1.82, 2.24) is 35.0 Å². The minimum absolute atomic E-state index is 0.200. The Kier molecular flexibility index (Phi) is 6.40.